The van der Waals surface area contributed by atoms with Gasteiger partial charge < -0.3 is 0 Å². The van der Waals surface area contributed by atoms with Crippen LogP contribution in [-0.4, -0.2) is 33.7 Å². The number of nitrogens with zero attached hydrogens (tertiary/aromatic N) is 3. The first-order chi connectivity index (χ1) is 6.98. The Bertz CT molecular complexity index is 345. The normalized spacial score (nSPS) is 21.1. The number of aromatic nitrogens is 2. The lowest BCUT2D eigenvalue weighted by Crippen LogP contribution is -2.26. The van der Waals surface area contributed by atoms with Crippen molar-refractivity contribution in [3.8, 4) is 0 Å². The third-order valence-corrected chi connectivity index (χ3v) is 3.53. The van der Waals surface area contributed by atoms with E-state index < -0.39 is 5.92 Å². The van der Waals surface area contributed by atoms with Crippen molar-refractivity contribution in [2.75, 3.05) is 13.1 Å². The molecule has 1 aromatic rings. The van der Waals surface area contributed by atoms with Gasteiger partial charge in [0, 0.05) is 26.6 Å². The molecule has 1 aliphatic heterocycles. The second kappa shape index (κ2) is 3.97. The molecule has 1 aliphatic rings. The Kier molecular flexibility index (Phi) is 2.98. The lowest BCUT2D eigenvalue weighted by molar-refractivity contribution is 0.0113. The summed E-state index contributed by atoms with van der Waals surface area (Å²) in [4.78, 5) is 1.78. The summed E-state index contributed by atoms with van der Waals surface area (Å²) in [7, 11) is 1.84. The number of hydrogen-bond acceptors (Lipinski definition) is 2. The minimum absolute atomic E-state index is 0.0264. The highest BCUT2D eigenvalue weighted by molar-refractivity contribution is 14.1. The second-order valence-electron chi connectivity index (χ2n) is 3.88. The van der Waals surface area contributed by atoms with E-state index in [0.717, 1.165) is 9.26 Å². The third kappa shape index (κ3) is 2.47. The Labute approximate surface area is 101 Å². The van der Waals surface area contributed by atoms with E-state index in [1.54, 1.807) is 15.8 Å². The zero-order valence-corrected chi connectivity index (χ0v) is 10.5. The van der Waals surface area contributed by atoms with Gasteiger partial charge in [-0.1, -0.05) is 0 Å². The summed E-state index contributed by atoms with van der Waals surface area (Å²) >= 11 is 2.18. The first kappa shape index (κ1) is 11.3. The van der Waals surface area contributed by atoms with Crippen LogP contribution in [-0.2, 0) is 13.6 Å². The van der Waals surface area contributed by atoms with Crippen molar-refractivity contribution in [1.82, 2.24) is 14.7 Å². The van der Waals surface area contributed by atoms with Gasteiger partial charge in [0.05, 0.1) is 22.0 Å². The molecule has 0 aliphatic carbocycles. The number of likely N-dealkylation sites (tertiary alicyclic amines) is 1. The molecule has 0 spiro atoms. The average Bonchev–Trinajstić information content (AvgIpc) is 2.63. The predicted molar refractivity (Wildman–Crippen MR) is 60.8 cm³/mol. The van der Waals surface area contributed by atoms with Crippen molar-refractivity contribution < 1.29 is 8.78 Å². The van der Waals surface area contributed by atoms with Crippen LogP contribution < -0.4 is 0 Å². The van der Waals surface area contributed by atoms with Crippen molar-refractivity contribution in [1.29, 1.82) is 0 Å². The van der Waals surface area contributed by atoms with Gasteiger partial charge in [0.25, 0.3) is 5.92 Å². The van der Waals surface area contributed by atoms with Gasteiger partial charge in [-0.2, -0.15) is 5.10 Å². The maximum atomic E-state index is 13.0. The maximum absolute atomic E-state index is 13.0. The minimum Gasteiger partial charge on any atom is -0.291 e. The Balaban J connectivity index is 2.05. The molecule has 0 bridgehead atoms. The van der Waals surface area contributed by atoms with Crippen molar-refractivity contribution in [3.63, 3.8) is 0 Å². The van der Waals surface area contributed by atoms with Gasteiger partial charge in [-0.25, -0.2) is 8.78 Å². The number of hydrogen-bond donors (Lipinski definition) is 0. The van der Waals surface area contributed by atoms with Crippen LogP contribution >= 0.6 is 22.6 Å². The van der Waals surface area contributed by atoms with Gasteiger partial charge in [0.2, 0.25) is 0 Å². The van der Waals surface area contributed by atoms with Crippen LogP contribution in [0.4, 0.5) is 8.78 Å². The first-order valence-electron chi connectivity index (χ1n) is 4.74. The average molecular weight is 327 g/mol. The fourth-order valence-electron chi connectivity index (χ4n) is 1.77. The Hall–Kier alpha value is -0.240. The van der Waals surface area contributed by atoms with Crippen molar-refractivity contribution in [2.45, 2.75) is 18.9 Å². The van der Waals surface area contributed by atoms with E-state index in [2.05, 4.69) is 27.7 Å². The summed E-state index contributed by atoms with van der Waals surface area (Å²) in [5.74, 6) is -2.51. The van der Waals surface area contributed by atoms with Gasteiger partial charge in [-0.15, -0.1) is 0 Å². The van der Waals surface area contributed by atoms with Crippen LogP contribution in [0.2, 0.25) is 0 Å². The molecule has 0 saturated carbocycles. The molecular weight excluding hydrogens is 315 g/mol. The molecule has 0 amide bonds. The molecule has 1 saturated heterocycles. The van der Waals surface area contributed by atoms with Gasteiger partial charge in [0.15, 0.2) is 0 Å². The van der Waals surface area contributed by atoms with E-state index >= 15 is 0 Å². The fourth-order valence-corrected chi connectivity index (χ4v) is 2.41. The molecule has 2 heterocycles. The molecule has 3 nitrogen and oxygen atoms in total. The lowest BCUT2D eigenvalue weighted by atomic mass is 10.3. The van der Waals surface area contributed by atoms with Crippen LogP contribution in [0, 0.1) is 3.57 Å². The van der Waals surface area contributed by atoms with E-state index in [9.17, 15) is 8.78 Å². The van der Waals surface area contributed by atoms with E-state index in [1.807, 2.05) is 7.05 Å². The van der Waals surface area contributed by atoms with Crippen LogP contribution in [0.1, 0.15) is 12.1 Å². The SMILES string of the molecule is Cn1ncc(I)c1CN1CCC(F)(F)C1. The molecule has 1 fully saturated rings. The number of aryl methyl sites for hydroxylation is 1. The van der Waals surface area contributed by atoms with E-state index in [4.69, 9.17) is 0 Å². The molecule has 2 rings (SSSR count). The number of alkyl halides is 2. The van der Waals surface area contributed by atoms with Crippen molar-refractivity contribution >= 4 is 22.6 Å². The number of rotatable bonds is 2. The smallest absolute Gasteiger partial charge is 0.261 e. The fraction of sp³-hybridized carbons (Fsp3) is 0.667. The molecule has 0 aromatic carbocycles. The van der Waals surface area contributed by atoms with Gasteiger partial charge in [0.1, 0.15) is 0 Å². The van der Waals surface area contributed by atoms with Crippen LogP contribution in [0.3, 0.4) is 0 Å². The molecule has 0 unspecified atom stereocenters. The first-order valence-corrected chi connectivity index (χ1v) is 5.82. The molecule has 6 heteroatoms. The largest absolute Gasteiger partial charge is 0.291 e. The predicted octanol–water partition coefficient (Wildman–Crippen LogP) is 1.87. The summed E-state index contributed by atoms with van der Waals surface area (Å²) in [6, 6.07) is 0. The van der Waals surface area contributed by atoms with E-state index in [1.165, 1.54) is 0 Å². The number of halogens is 3. The van der Waals surface area contributed by atoms with Crippen LogP contribution in [0.15, 0.2) is 6.20 Å². The molecule has 0 atom stereocenters. The second-order valence-corrected chi connectivity index (χ2v) is 5.04. The highest BCUT2D eigenvalue weighted by atomic mass is 127. The molecule has 84 valence electrons. The van der Waals surface area contributed by atoms with Crippen molar-refractivity contribution in [3.05, 3.63) is 15.5 Å². The van der Waals surface area contributed by atoms with Gasteiger partial charge in [-0.3, -0.25) is 9.58 Å². The van der Waals surface area contributed by atoms with Crippen LogP contribution in [0.25, 0.3) is 0 Å². The summed E-state index contributed by atoms with van der Waals surface area (Å²) in [5, 5.41) is 4.09. The van der Waals surface area contributed by atoms with E-state index in [-0.39, 0.29) is 13.0 Å². The zero-order chi connectivity index (χ0) is 11.1. The Morgan fingerprint density at radius 2 is 2.33 bits per heavy atom. The zero-order valence-electron chi connectivity index (χ0n) is 8.38. The standard InChI is InChI=1S/C9H12F2IN3/c1-14-8(7(12)4-13-14)5-15-3-2-9(10,11)6-15/h4H,2-3,5-6H2,1H3. The molecular formula is C9H12F2IN3. The third-order valence-electron chi connectivity index (χ3n) is 2.63. The summed E-state index contributed by atoms with van der Waals surface area (Å²) in [5.41, 5.74) is 1.01. The quantitative estimate of drug-likeness (QED) is 0.774. The Morgan fingerprint density at radius 3 is 2.80 bits per heavy atom. The molecule has 0 N–H and O–H groups in total. The molecule has 0 radical (unpaired) electrons. The lowest BCUT2D eigenvalue weighted by Gasteiger charge is -2.15. The monoisotopic (exact) mass is 327 g/mol. The summed E-state index contributed by atoms with van der Waals surface area (Å²) in [6.07, 6.45) is 1.73. The molecule has 1 aromatic heterocycles. The Morgan fingerprint density at radius 1 is 1.60 bits per heavy atom. The highest BCUT2D eigenvalue weighted by Crippen LogP contribution is 2.28. The minimum atomic E-state index is -2.51. The van der Waals surface area contributed by atoms with Crippen LogP contribution in [0.5, 0.6) is 0 Å². The van der Waals surface area contributed by atoms with Gasteiger partial charge in [-0.05, 0) is 22.6 Å². The van der Waals surface area contributed by atoms with Gasteiger partial charge >= 0.3 is 0 Å². The molecule has 15 heavy (non-hydrogen) atoms. The highest BCUT2D eigenvalue weighted by Gasteiger charge is 2.38. The van der Waals surface area contributed by atoms with Crippen molar-refractivity contribution in [2.24, 2.45) is 7.05 Å². The summed E-state index contributed by atoms with van der Waals surface area (Å²) < 4.78 is 28.7. The maximum Gasteiger partial charge on any atom is 0.261 e. The van der Waals surface area contributed by atoms with E-state index in [0.29, 0.717) is 13.1 Å². The summed E-state index contributed by atoms with van der Waals surface area (Å²) in [6.45, 7) is 0.896. The topological polar surface area (TPSA) is 21.1 Å².